The van der Waals surface area contributed by atoms with E-state index in [-0.39, 0.29) is 17.8 Å². The SMILES string of the molecule is CNC(=O)C(C)NCc1ccc(Br)cc1F. The normalized spacial score (nSPS) is 12.2. The predicted molar refractivity (Wildman–Crippen MR) is 64.5 cm³/mol. The summed E-state index contributed by atoms with van der Waals surface area (Å²) >= 11 is 3.19. The second-order valence-electron chi connectivity index (χ2n) is 3.45. The van der Waals surface area contributed by atoms with Crippen LogP contribution in [-0.4, -0.2) is 19.0 Å². The Labute approximate surface area is 103 Å². The Kier molecular flexibility index (Phi) is 4.89. The summed E-state index contributed by atoms with van der Waals surface area (Å²) < 4.78 is 14.1. The van der Waals surface area contributed by atoms with Crippen molar-refractivity contribution >= 4 is 21.8 Å². The summed E-state index contributed by atoms with van der Waals surface area (Å²) in [6, 6.07) is 4.52. The molecule has 0 aliphatic carbocycles. The third kappa shape index (κ3) is 3.57. The Morgan fingerprint density at radius 1 is 1.56 bits per heavy atom. The van der Waals surface area contributed by atoms with E-state index in [1.165, 1.54) is 6.07 Å². The molecule has 0 saturated heterocycles. The van der Waals surface area contributed by atoms with Gasteiger partial charge in [-0.25, -0.2) is 4.39 Å². The summed E-state index contributed by atoms with van der Waals surface area (Å²) in [4.78, 5) is 11.2. The molecule has 88 valence electrons. The van der Waals surface area contributed by atoms with Gasteiger partial charge in [-0.3, -0.25) is 4.79 Å². The minimum Gasteiger partial charge on any atom is -0.358 e. The Balaban J connectivity index is 2.58. The summed E-state index contributed by atoms with van der Waals surface area (Å²) in [6.07, 6.45) is 0. The molecule has 5 heteroatoms. The first-order chi connectivity index (χ1) is 7.54. The standard InChI is InChI=1S/C11H14BrFN2O/c1-7(11(16)14-2)15-6-8-3-4-9(12)5-10(8)13/h3-5,7,15H,6H2,1-2H3,(H,14,16). The number of amides is 1. The highest BCUT2D eigenvalue weighted by Gasteiger charge is 2.10. The van der Waals surface area contributed by atoms with E-state index in [1.807, 2.05) is 0 Å². The van der Waals surface area contributed by atoms with Crippen LogP contribution >= 0.6 is 15.9 Å². The Bertz CT molecular complexity index is 384. The van der Waals surface area contributed by atoms with Crippen molar-refractivity contribution < 1.29 is 9.18 Å². The van der Waals surface area contributed by atoms with Gasteiger partial charge in [0.15, 0.2) is 0 Å². The minimum atomic E-state index is -0.340. The van der Waals surface area contributed by atoms with Crippen LogP contribution in [0.2, 0.25) is 0 Å². The van der Waals surface area contributed by atoms with Crippen LogP contribution in [0.25, 0.3) is 0 Å². The van der Waals surface area contributed by atoms with Crippen molar-refractivity contribution in [2.45, 2.75) is 19.5 Å². The summed E-state index contributed by atoms with van der Waals surface area (Å²) in [7, 11) is 1.57. The third-order valence-corrected chi connectivity index (χ3v) is 2.75. The van der Waals surface area contributed by atoms with Crippen LogP contribution < -0.4 is 10.6 Å². The Hall–Kier alpha value is -0.940. The molecule has 0 radical (unpaired) electrons. The van der Waals surface area contributed by atoms with Crippen molar-refractivity contribution in [2.75, 3.05) is 7.05 Å². The van der Waals surface area contributed by atoms with E-state index in [0.29, 0.717) is 16.6 Å². The molecule has 1 amide bonds. The van der Waals surface area contributed by atoms with Crippen LogP contribution in [0.4, 0.5) is 4.39 Å². The molecule has 2 N–H and O–H groups in total. The van der Waals surface area contributed by atoms with E-state index >= 15 is 0 Å². The molecule has 0 aliphatic rings. The molecule has 0 fully saturated rings. The largest absolute Gasteiger partial charge is 0.358 e. The molecule has 1 atom stereocenters. The van der Waals surface area contributed by atoms with E-state index < -0.39 is 0 Å². The van der Waals surface area contributed by atoms with E-state index in [0.717, 1.165) is 0 Å². The van der Waals surface area contributed by atoms with Crippen molar-refractivity contribution in [1.82, 2.24) is 10.6 Å². The molecule has 1 aromatic carbocycles. The second-order valence-corrected chi connectivity index (χ2v) is 4.37. The number of likely N-dealkylation sites (N-methyl/N-ethyl adjacent to an activating group) is 1. The lowest BCUT2D eigenvalue weighted by atomic mass is 10.2. The molecule has 1 unspecified atom stereocenters. The minimum absolute atomic E-state index is 0.113. The van der Waals surface area contributed by atoms with Gasteiger partial charge in [-0.05, 0) is 19.1 Å². The van der Waals surface area contributed by atoms with Gasteiger partial charge < -0.3 is 10.6 Å². The van der Waals surface area contributed by atoms with Crippen LogP contribution in [0, 0.1) is 5.82 Å². The monoisotopic (exact) mass is 288 g/mol. The summed E-state index contributed by atoms with van der Waals surface area (Å²) in [5.74, 6) is -0.400. The molecule has 0 aromatic heterocycles. The van der Waals surface area contributed by atoms with Gasteiger partial charge in [-0.15, -0.1) is 0 Å². The fourth-order valence-electron chi connectivity index (χ4n) is 1.24. The van der Waals surface area contributed by atoms with Crippen LogP contribution in [0.5, 0.6) is 0 Å². The first-order valence-corrected chi connectivity index (χ1v) is 5.72. The number of rotatable bonds is 4. The molecule has 0 aliphatic heterocycles. The molecule has 1 aromatic rings. The zero-order chi connectivity index (χ0) is 12.1. The van der Waals surface area contributed by atoms with Gasteiger partial charge in [0.1, 0.15) is 5.82 Å². The Morgan fingerprint density at radius 3 is 2.81 bits per heavy atom. The number of carbonyl (C=O) groups is 1. The zero-order valence-corrected chi connectivity index (χ0v) is 10.8. The second kappa shape index (κ2) is 5.96. The molecular formula is C11H14BrFN2O. The van der Waals surface area contributed by atoms with Gasteiger partial charge in [-0.1, -0.05) is 22.0 Å². The lowest BCUT2D eigenvalue weighted by molar-refractivity contribution is -0.122. The molecule has 0 heterocycles. The number of hydrogen-bond acceptors (Lipinski definition) is 2. The van der Waals surface area contributed by atoms with E-state index in [2.05, 4.69) is 26.6 Å². The summed E-state index contributed by atoms with van der Waals surface area (Å²) in [5, 5.41) is 5.46. The Morgan fingerprint density at radius 2 is 2.25 bits per heavy atom. The fourth-order valence-corrected chi connectivity index (χ4v) is 1.57. The van der Waals surface area contributed by atoms with Crippen molar-refractivity contribution in [2.24, 2.45) is 0 Å². The molecule has 0 saturated carbocycles. The van der Waals surface area contributed by atoms with Gasteiger partial charge >= 0.3 is 0 Å². The van der Waals surface area contributed by atoms with E-state index in [1.54, 1.807) is 26.1 Å². The highest BCUT2D eigenvalue weighted by atomic mass is 79.9. The quantitative estimate of drug-likeness (QED) is 0.887. The zero-order valence-electron chi connectivity index (χ0n) is 9.18. The highest BCUT2D eigenvalue weighted by molar-refractivity contribution is 9.10. The summed E-state index contributed by atoms with van der Waals surface area (Å²) in [5.41, 5.74) is 0.541. The number of hydrogen-bond donors (Lipinski definition) is 2. The van der Waals surface area contributed by atoms with Crippen molar-refractivity contribution in [3.8, 4) is 0 Å². The van der Waals surface area contributed by atoms with Crippen LogP contribution in [0.1, 0.15) is 12.5 Å². The number of benzene rings is 1. The number of nitrogens with one attached hydrogen (secondary N) is 2. The lowest BCUT2D eigenvalue weighted by Crippen LogP contribution is -2.40. The number of carbonyl (C=O) groups excluding carboxylic acids is 1. The molecule has 1 rings (SSSR count). The van der Waals surface area contributed by atoms with E-state index in [4.69, 9.17) is 0 Å². The average Bonchev–Trinajstić information content (AvgIpc) is 2.26. The smallest absolute Gasteiger partial charge is 0.236 e. The highest BCUT2D eigenvalue weighted by Crippen LogP contribution is 2.15. The van der Waals surface area contributed by atoms with Crippen molar-refractivity contribution in [3.05, 3.63) is 34.1 Å². The van der Waals surface area contributed by atoms with Crippen molar-refractivity contribution in [1.29, 1.82) is 0 Å². The van der Waals surface area contributed by atoms with Gasteiger partial charge in [0.2, 0.25) is 5.91 Å². The van der Waals surface area contributed by atoms with Crippen LogP contribution in [0.15, 0.2) is 22.7 Å². The van der Waals surface area contributed by atoms with Crippen LogP contribution in [-0.2, 0) is 11.3 Å². The first-order valence-electron chi connectivity index (χ1n) is 4.93. The van der Waals surface area contributed by atoms with Crippen molar-refractivity contribution in [3.63, 3.8) is 0 Å². The lowest BCUT2D eigenvalue weighted by Gasteiger charge is -2.12. The van der Waals surface area contributed by atoms with Gasteiger partial charge in [0.05, 0.1) is 6.04 Å². The molecule has 3 nitrogen and oxygen atoms in total. The molecule has 0 bridgehead atoms. The molecular weight excluding hydrogens is 275 g/mol. The maximum absolute atomic E-state index is 13.4. The fraction of sp³-hybridized carbons (Fsp3) is 0.364. The number of halogens is 2. The summed E-state index contributed by atoms with van der Waals surface area (Å²) in [6.45, 7) is 2.06. The predicted octanol–water partition coefficient (Wildman–Crippen LogP) is 1.81. The third-order valence-electron chi connectivity index (χ3n) is 2.25. The van der Waals surface area contributed by atoms with Gasteiger partial charge in [0.25, 0.3) is 0 Å². The first kappa shape index (κ1) is 13.1. The van der Waals surface area contributed by atoms with Gasteiger partial charge in [0, 0.05) is 23.6 Å². The maximum atomic E-state index is 13.4. The van der Waals surface area contributed by atoms with E-state index in [9.17, 15) is 9.18 Å². The molecule has 16 heavy (non-hydrogen) atoms. The average molecular weight is 289 g/mol. The topological polar surface area (TPSA) is 41.1 Å². The van der Waals surface area contributed by atoms with Gasteiger partial charge in [-0.2, -0.15) is 0 Å². The maximum Gasteiger partial charge on any atom is 0.236 e. The molecule has 0 spiro atoms. The van der Waals surface area contributed by atoms with Crippen LogP contribution in [0.3, 0.4) is 0 Å².